The van der Waals surface area contributed by atoms with Crippen LogP contribution in [0.4, 0.5) is 10.1 Å². The normalized spacial score (nSPS) is 13.8. The lowest BCUT2D eigenvalue weighted by Crippen LogP contribution is -2.35. The van der Waals surface area contributed by atoms with Crippen LogP contribution in [0.2, 0.25) is 0 Å². The molecule has 0 fully saturated rings. The monoisotopic (exact) mass is 354 g/mol. The van der Waals surface area contributed by atoms with E-state index in [1.165, 1.54) is 12.1 Å². The van der Waals surface area contributed by atoms with Gasteiger partial charge in [0, 0.05) is 25.2 Å². The molecule has 0 spiro atoms. The van der Waals surface area contributed by atoms with Crippen molar-refractivity contribution in [2.45, 2.75) is 32.2 Å². The van der Waals surface area contributed by atoms with Crippen LogP contribution in [0.5, 0.6) is 0 Å². The first kappa shape index (κ1) is 16.6. The highest BCUT2D eigenvalue weighted by molar-refractivity contribution is 5.94. The van der Waals surface area contributed by atoms with Crippen LogP contribution in [0.1, 0.15) is 24.8 Å². The number of anilines is 1. The average Bonchev–Trinajstić information content (AvgIpc) is 2.96. The van der Waals surface area contributed by atoms with Crippen LogP contribution in [0, 0.1) is 5.82 Å². The van der Waals surface area contributed by atoms with Gasteiger partial charge in [0.2, 0.25) is 5.91 Å². The Morgan fingerprint density at radius 3 is 2.92 bits per heavy atom. The van der Waals surface area contributed by atoms with Gasteiger partial charge in [0.15, 0.2) is 5.58 Å². The van der Waals surface area contributed by atoms with Crippen LogP contribution in [0.15, 0.2) is 51.7 Å². The zero-order valence-corrected chi connectivity index (χ0v) is 14.3. The van der Waals surface area contributed by atoms with Crippen molar-refractivity contribution in [2.24, 2.45) is 0 Å². The Labute approximate surface area is 149 Å². The highest BCUT2D eigenvalue weighted by Crippen LogP contribution is 2.28. The van der Waals surface area contributed by atoms with Crippen molar-refractivity contribution in [3.05, 3.63) is 64.4 Å². The van der Waals surface area contributed by atoms with Crippen LogP contribution in [0.25, 0.3) is 11.1 Å². The number of benzene rings is 2. The van der Waals surface area contributed by atoms with Crippen LogP contribution < -0.4 is 10.7 Å². The second-order valence-electron chi connectivity index (χ2n) is 6.51. The van der Waals surface area contributed by atoms with Gasteiger partial charge in [0.05, 0.1) is 5.52 Å². The van der Waals surface area contributed by atoms with Crippen molar-refractivity contribution in [1.82, 2.24) is 4.57 Å². The number of amides is 1. The molecule has 0 N–H and O–H groups in total. The minimum atomic E-state index is -0.413. The van der Waals surface area contributed by atoms with Crippen molar-refractivity contribution >= 4 is 22.7 Å². The molecule has 4 rings (SSSR count). The topological polar surface area (TPSA) is 55.5 Å². The molecule has 134 valence electrons. The van der Waals surface area contributed by atoms with E-state index in [1.54, 1.807) is 21.6 Å². The fourth-order valence-corrected chi connectivity index (χ4v) is 3.56. The quantitative estimate of drug-likeness (QED) is 0.721. The number of fused-ring (bicyclic) bond motifs is 2. The molecule has 0 unspecified atom stereocenters. The molecular formula is C20H19FN2O3. The number of aromatic nitrogens is 1. The summed E-state index contributed by atoms with van der Waals surface area (Å²) in [7, 11) is 0. The lowest BCUT2D eigenvalue weighted by atomic mass is 10.0. The number of oxazole rings is 1. The van der Waals surface area contributed by atoms with E-state index >= 15 is 0 Å². The summed E-state index contributed by atoms with van der Waals surface area (Å²) in [5.41, 5.74) is 2.95. The first-order valence-electron chi connectivity index (χ1n) is 8.80. The summed E-state index contributed by atoms with van der Waals surface area (Å²) in [5, 5.41) is 0. The lowest BCUT2D eigenvalue weighted by Gasteiger charge is -2.29. The molecule has 5 nitrogen and oxygen atoms in total. The van der Waals surface area contributed by atoms with Gasteiger partial charge in [-0.3, -0.25) is 9.36 Å². The zero-order valence-electron chi connectivity index (χ0n) is 14.3. The van der Waals surface area contributed by atoms with Gasteiger partial charge in [-0.1, -0.05) is 18.2 Å². The van der Waals surface area contributed by atoms with E-state index in [-0.39, 0.29) is 11.7 Å². The summed E-state index contributed by atoms with van der Waals surface area (Å²) in [6, 6.07) is 11.8. The molecule has 0 bridgehead atoms. The largest absolute Gasteiger partial charge is 0.419 e. The summed E-state index contributed by atoms with van der Waals surface area (Å²) in [5.74, 6) is -0.790. The van der Waals surface area contributed by atoms with Crippen molar-refractivity contribution in [1.29, 1.82) is 0 Å². The number of halogens is 1. The van der Waals surface area contributed by atoms with E-state index < -0.39 is 5.76 Å². The first-order valence-corrected chi connectivity index (χ1v) is 8.80. The van der Waals surface area contributed by atoms with Gasteiger partial charge in [-0.25, -0.2) is 9.18 Å². The van der Waals surface area contributed by atoms with Crippen molar-refractivity contribution in [3.8, 4) is 0 Å². The third-order valence-electron chi connectivity index (χ3n) is 4.81. The van der Waals surface area contributed by atoms with Crippen molar-refractivity contribution in [2.75, 3.05) is 11.4 Å². The fourth-order valence-electron chi connectivity index (χ4n) is 3.56. The van der Waals surface area contributed by atoms with E-state index in [0.29, 0.717) is 37.2 Å². The highest BCUT2D eigenvalue weighted by atomic mass is 19.1. The van der Waals surface area contributed by atoms with Gasteiger partial charge in [0.25, 0.3) is 0 Å². The Balaban J connectivity index is 1.46. The second-order valence-corrected chi connectivity index (χ2v) is 6.51. The molecule has 0 saturated carbocycles. The maximum atomic E-state index is 13.6. The molecular weight excluding hydrogens is 335 g/mol. The third-order valence-corrected chi connectivity index (χ3v) is 4.81. The number of carbonyl (C=O) groups excluding carboxylic acids is 1. The summed E-state index contributed by atoms with van der Waals surface area (Å²) in [4.78, 5) is 26.3. The Morgan fingerprint density at radius 2 is 2.04 bits per heavy atom. The molecule has 26 heavy (non-hydrogen) atoms. The molecule has 0 radical (unpaired) electrons. The van der Waals surface area contributed by atoms with Gasteiger partial charge < -0.3 is 9.32 Å². The number of nitrogens with zero attached hydrogens (tertiary/aromatic N) is 2. The summed E-state index contributed by atoms with van der Waals surface area (Å²) in [6.07, 6.45) is 2.54. The van der Waals surface area contributed by atoms with Gasteiger partial charge in [0.1, 0.15) is 5.82 Å². The summed E-state index contributed by atoms with van der Waals surface area (Å²) >= 11 is 0. The van der Waals surface area contributed by atoms with Gasteiger partial charge >= 0.3 is 5.76 Å². The molecule has 6 heteroatoms. The lowest BCUT2D eigenvalue weighted by molar-refractivity contribution is -0.118. The predicted molar refractivity (Wildman–Crippen MR) is 96.8 cm³/mol. The standard InChI is InChI=1S/C20H19FN2O3/c21-15-10-9-14-5-3-11-22(17(14)13-15)19(24)8-4-12-23-16-6-1-2-7-18(16)26-20(23)25/h1-2,6-7,9-10,13H,3-5,8,11-12H2. The molecule has 1 amide bonds. The summed E-state index contributed by atoms with van der Waals surface area (Å²) < 4.78 is 20.3. The van der Waals surface area contributed by atoms with E-state index in [4.69, 9.17) is 4.42 Å². The maximum Gasteiger partial charge on any atom is 0.419 e. The van der Waals surface area contributed by atoms with Crippen LogP contribution in [0.3, 0.4) is 0 Å². The van der Waals surface area contributed by atoms with Crippen LogP contribution in [-0.4, -0.2) is 17.0 Å². The molecule has 0 saturated heterocycles. The number of hydrogen-bond acceptors (Lipinski definition) is 3. The van der Waals surface area contributed by atoms with E-state index in [1.807, 2.05) is 18.2 Å². The molecule has 0 aliphatic carbocycles. The minimum Gasteiger partial charge on any atom is -0.408 e. The molecule has 1 aromatic heterocycles. The van der Waals surface area contributed by atoms with Gasteiger partial charge in [-0.2, -0.15) is 0 Å². The smallest absolute Gasteiger partial charge is 0.408 e. The molecule has 2 heterocycles. The van der Waals surface area contributed by atoms with Gasteiger partial charge in [-0.15, -0.1) is 0 Å². The van der Waals surface area contributed by atoms with Crippen LogP contribution >= 0.6 is 0 Å². The molecule has 1 aliphatic heterocycles. The number of hydrogen-bond donors (Lipinski definition) is 0. The summed E-state index contributed by atoms with van der Waals surface area (Å²) in [6.45, 7) is 1.01. The SMILES string of the molecule is O=C(CCCn1c(=O)oc2ccccc21)N1CCCc2ccc(F)cc21. The molecule has 3 aromatic rings. The Hall–Kier alpha value is -2.89. The van der Waals surface area contributed by atoms with E-state index in [2.05, 4.69) is 0 Å². The molecule has 2 aromatic carbocycles. The Morgan fingerprint density at radius 1 is 1.19 bits per heavy atom. The minimum absolute atomic E-state index is 0.0441. The number of aryl methyl sites for hydroxylation is 2. The number of carbonyl (C=O) groups is 1. The molecule has 1 aliphatic rings. The van der Waals surface area contributed by atoms with Gasteiger partial charge in [-0.05, 0) is 49.1 Å². The Kier molecular flexibility index (Phi) is 4.32. The van der Waals surface area contributed by atoms with Crippen molar-refractivity contribution < 1.29 is 13.6 Å². The first-order chi connectivity index (χ1) is 12.6. The highest BCUT2D eigenvalue weighted by Gasteiger charge is 2.22. The van der Waals surface area contributed by atoms with E-state index in [0.717, 1.165) is 23.9 Å². The third kappa shape index (κ3) is 3.03. The number of para-hydroxylation sites is 2. The number of rotatable bonds is 4. The maximum absolute atomic E-state index is 13.6. The predicted octanol–water partition coefficient (Wildman–Crippen LogP) is 3.49. The van der Waals surface area contributed by atoms with E-state index in [9.17, 15) is 14.0 Å². The molecule has 0 atom stereocenters. The second kappa shape index (κ2) is 6.78. The zero-order chi connectivity index (χ0) is 18.1. The fraction of sp³-hybridized carbons (Fsp3) is 0.300. The van der Waals surface area contributed by atoms with Crippen LogP contribution in [-0.2, 0) is 17.8 Å². The Bertz CT molecular complexity index is 1020. The van der Waals surface area contributed by atoms with Crippen molar-refractivity contribution in [3.63, 3.8) is 0 Å². The average molecular weight is 354 g/mol.